The van der Waals surface area contributed by atoms with E-state index >= 15 is 0 Å². The highest BCUT2D eigenvalue weighted by Crippen LogP contribution is 2.43. The van der Waals surface area contributed by atoms with Crippen LogP contribution in [0.4, 0.5) is 0 Å². The molecule has 5 heterocycles. The van der Waals surface area contributed by atoms with Crippen molar-refractivity contribution in [2.75, 3.05) is 0 Å². The van der Waals surface area contributed by atoms with Crippen LogP contribution in [0.1, 0.15) is 35.4 Å². The van der Waals surface area contributed by atoms with Gasteiger partial charge in [0.2, 0.25) is 5.78 Å². The number of fused-ring (bicyclic) bond motifs is 8. The summed E-state index contributed by atoms with van der Waals surface area (Å²) in [5.41, 5.74) is 3.64. The average molecular weight is 683 g/mol. The van der Waals surface area contributed by atoms with Crippen LogP contribution in [0.5, 0.6) is 0 Å². The third-order valence-electron chi connectivity index (χ3n) is 6.89. The minimum absolute atomic E-state index is 0.286. The minimum atomic E-state index is -0.286. The number of hydrogen-bond acceptors (Lipinski definition) is 8. The lowest BCUT2D eigenvalue weighted by Crippen LogP contribution is -2.31. The van der Waals surface area contributed by atoms with Crippen molar-refractivity contribution >= 4 is 103 Å². The summed E-state index contributed by atoms with van der Waals surface area (Å²) in [4.78, 5) is 2.21. The number of thiophene rings is 1. The molecule has 7 rings (SSSR count). The molecular weight excluding hydrogens is 662 g/mol. The molecule has 0 saturated carbocycles. The Balaban J connectivity index is 1.38. The molecule has 0 unspecified atom stereocenters. The Kier molecular flexibility index (Phi) is 7.35. The monoisotopic (exact) mass is 680 g/mol. The van der Waals surface area contributed by atoms with Gasteiger partial charge in [0, 0.05) is 42.9 Å². The van der Waals surface area contributed by atoms with Crippen molar-refractivity contribution in [1.82, 2.24) is 29.2 Å². The summed E-state index contributed by atoms with van der Waals surface area (Å²) < 4.78 is 10.3. The number of thioether (sulfide) groups is 2. The molecule has 14 heteroatoms. The molecule has 41 heavy (non-hydrogen) atoms. The second-order valence-corrected chi connectivity index (χ2v) is 14.9. The molecule has 7 nitrogen and oxygen atoms in total. The van der Waals surface area contributed by atoms with Crippen molar-refractivity contribution in [3.8, 4) is 0 Å². The molecule has 4 aromatic heterocycles. The summed E-state index contributed by atoms with van der Waals surface area (Å²) in [5, 5.41) is 23.5. The molecule has 0 radical (unpaired) electrons. The summed E-state index contributed by atoms with van der Waals surface area (Å²) >= 11 is 30.0. The maximum Gasteiger partial charge on any atom is 0.245 e. The van der Waals surface area contributed by atoms with Crippen LogP contribution >= 0.6 is 81.3 Å². The summed E-state index contributed by atoms with van der Waals surface area (Å²) in [6.45, 7) is 4.78. The van der Waals surface area contributed by atoms with E-state index in [1.165, 1.54) is 22.2 Å². The first kappa shape index (κ1) is 28.0. The van der Waals surface area contributed by atoms with Gasteiger partial charge in [0.25, 0.3) is 0 Å². The van der Waals surface area contributed by atoms with E-state index in [1.54, 1.807) is 35.2 Å². The number of benzene rings is 2. The molecule has 0 spiro atoms. The molecule has 1 aliphatic rings. The molecule has 0 saturated heterocycles. The zero-order valence-corrected chi connectivity index (χ0v) is 27.1. The molecule has 1 aliphatic heterocycles. The van der Waals surface area contributed by atoms with Crippen LogP contribution in [0, 0.1) is 0 Å². The van der Waals surface area contributed by atoms with Gasteiger partial charge in [0.1, 0.15) is 4.83 Å². The normalized spacial score (nSPS) is 14.9. The lowest BCUT2D eigenvalue weighted by Gasteiger charge is -2.30. The zero-order chi connectivity index (χ0) is 28.5. The molecule has 0 amide bonds. The van der Waals surface area contributed by atoms with Crippen LogP contribution < -0.4 is 0 Å². The maximum atomic E-state index is 6.48. The quantitative estimate of drug-likeness (QED) is 0.163. The van der Waals surface area contributed by atoms with E-state index in [0.717, 1.165) is 38.6 Å². The third-order valence-corrected chi connectivity index (χ3v) is 11.2. The number of hydrogen-bond donors (Lipinski definition) is 0. The highest BCUT2D eigenvalue weighted by Gasteiger charge is 2.32. The number of ether oxygens (including phenoxy) is 1. The Bertz CT molecular complexity index is 1990. The van der Waals surface area contributed by atoms with Crippen LogP contribution in [0.25, 0.3) is 21.6 Å². The summed E-state index contributed by atoms with van der Waals surface area (Å²) in [7, 11) is 0. The highest BCUT2D eigenvalue weighted by atomic mass is 35.5. The topological polar surface area (TPSA) is 69.6 Å². The van der Waals surface area contributed by atoms with Crippen LogP contribution in [-0.2, 0) is 29.3 Å². The number of aromatic nitrogens is 6. The molecule has 6 aromatic rings. The van der Waals surface area contributed by atoms with Crippen molar-refractivity contribution in [1.29, 1.82) is 0 Å². The first-order valence-corrected chi connectivity index (χ1v) is 16.8. The van der Waals surface area contributed by atoms with E-state index in [2.05, 4.69) is 38.6 Å². The van der Waals surface area contributed by atoms with Crippen LogP contribution in [0.3, 0.4) is 0 Å². The number of nitrogens with zero attached hydrogens (tertiary/aromatic N) is 6. The predicted molar refractivity (Wildman–Crippen MR) is 170 cm³/mol. The van der Waals surface area contributed by atoms with E-state index in [1.807, 2.05) is 28.7 Å². The first-order chi connectivity index (χ1) is 19.7. The van der Waals surface area contributed by atoms with Gasteiger partial charge in [-0.05, 0) is 54.8 Å². The smallest absolute Gasteiger partial charge is 0.245 e. The van der Waals surface area contributed by atoms with Crippen molar-refractivity contribution in [2.45, 2.75) is 54.3 Å². The lowest BCUT2D eigenvalue weighted by atomic mass is 9.94. The molecular formula is C27H20Cl4N6OS3. The van der Waals surface area contributed by atoms with Crippen molar-refractivity contribution in [2.24, 2.45) is 0 Å². The lowest BCUT2D eigenvalue weighted by molar-refractivity contribution is -0.0379. The molecule has 0 N–H and O–H groups in total. The van der Waals surface area contributed by atoms with E-state index < -0.39 is 0 Å². The Labute approximate surface area is 267 Å². The van der Waals surface area contributed by atoms with Gasteiger partial charge in [0.05, 0.1) is 17.6 Å². The van der Waals surface area contributed by atoms with E-state index in [9.17, 15) is 0 Å². The van der Waals surface area contributed by atoms with Crippen molar-refractivity contribution in [3.63, 3.8) is 0 Å². The van der Waals surface area contributed by atoms with Gasteiger partial charge in [-0.25, -0.2) is 8.80 Å². The first-order valence-electron chi connectivity index (χ1n) is 12.5. The van der Waals surface area contributed by atoms with Gasteiger partial charge >= 0.3 is 0 Å². The Hall–Kier alpha value is -1.76. The number of halogens is 4. The van der Waals surface area contributed by atoms with Crippen molar-refractivity contribution in [3.05, 3.63) is 78.1 Å². The van der Waals surface area contributed by atoms with Gasteiger partial charge in [-0.1, -0.05) is 82.1 Å². The predicted octanol–water partition coefficient (Wildman–Crippen LogP) is 9.04. The van der Waals surface area contributed by atoms with Gasteiger partial charge in [-0.2, -0.15) is 0 Å². The molecule has 0 fully saturated rings. The van der Waals surface area contributed by atoms with Gasteiger partial charge in [-0.3, -0.25) is 0 Å². The van der Waals surface area contributed by atoms with Gasteiger partial charge in [-0.15, -0.1) is 31.7 Å². The standard InChI is InChI=1S/C27H20Cl4N6OS3/c1-27(2)9-17-20(10-38-27)41-23-21(17)22-32-34-25(39-11-13-3-5-15(28)7-18(13)30)36(22)24-33-35-26(37(23)24)40-12-14-4-6-16(29)8-19(14)31/h3-8H,9-12H2,1-2H3. The Morgan fingerprint density at radius 2 is 1.46 bits per heavy atom. The van der Waals surface area contributed by atoms with E-state index in [0.29, 0.717) is 49.1 Å². The second kappa shape index (κ2) is 10.7. The fourth-order valence-corrected chi connectivity index (χ4v) is 9.13. The van der Waals surface area contributed by atoms with Crippen LogP contribution in [-0.4, -0.2) is 34.8 Å². The second-order valence-electron chi connectivity index (χ2n) is 10.2. The molecule has 2 aromatic carbocycles. The largest absolute Gasteiger partial charge is 0.370 e. The van der Waals surface area contributed by atoms with E-state index in [-0.39, 0.29) is 5.60 Å². The molecule has 0 bridgehead atoms. The minimum Gasteiger partial charge on any atom is -0.370 e. The average Bonchev–Trinajstić information content (AvgIpc) is 3.62. The SMILES string of the molecule is CC1(C)Cc2c(sc3c2c2nnc(SCc4ccc(Cl)cc4Cl)n2c2nnc(SCc4ccc(Cl)cc4Cl)n32)CO1. The molecule has 0 atom stereocenters. The van der Waals surface area contributed by atoms with E-state index in [4.69, 9.17) is 51.1 Å². The summed E-state index contributed by atoms with van der Waals surface area (Å²) in [5.74, 6) is 1.84. The summed E-state index contributed by atoms with van der Waals surface area (Å²) in [6, 6.07) is 11.1. The fourth-order valence-electron chi connectivity index (χ4n) is 4.87. The third kappa shape index (κ3) is 5.10. The van der Waals surface area contributed by atoms with Gasteiger partial charge < -0.3 is 4.74 Å². The fraction of sp³-hybridized carbons (Fsp3) is 0.259. The molecule has 0 aliphatic carbocycles. The zero-order valence-electron chi connectivity index (χ0n) is 21.6. The molecule has 210 valence electrons. The summed E-state index contributed by atoms with van der Waals surface area (Å²) in [6.07, 6.45) is 0.768. The Morgan fingerprint density at radius 1 is 0.854 bits per heavy atom. The maximum absolute atomic E-state index is 6.48. The number of rotatable bonds is 6. The highest BCUT2D eigenvalue weighted by molar-refractivity contribution is 7.98. The van der Waals surface area contributed by atoms with Gasteiger partial charge in [0.15, 0.2) is 16.0 Å². The van der Waals surface area contributed by atoms with Crippen LogP contribution in [0.15, 0.2) is 46.7 Å². The Morgan fingerprint density at radius 3 is 2.10 bits per heavy atom. The van der Waals surface area contributed by atoms with Crippen LogP contribution in [0.2, 0.25) is 20.1 Å². The van der Waals surface area contributed by atoms with Crippen molar-refractivity contribution < 1.29 is 4.74 Å².